The monoisotopic (exact) mass is 272 g/mol. The number of alkyl halides is 3. The van der Waals surface area contributed by atoms with Gasteiger partial charge in [0.2, 0.25) is 0 Å². The maximum absolute atomic E-state index is 13.2. The Morgan fingerprint density at radius 2 is 1.89 bits per heavy atom. The Balaban J connectivity index is 2.53. The minimum Gasteiger partial charge on any atom is -0.308 e. The third-order valence-electron chi connectivity index (χ3n) is 2.29. The molecule has 0 aliphatic heterocycles. The lowest BCUT2D eigenvalue weighted by molar-refractivity contribution is -0.137. The van der Waals surface area contributed by atoms with Crippen LogP contribution in [0.25, 0.3) is 11.4 Å². The highest BCUT2D eigenvalue weighted by Crippen LogP contribution is 2.32. The summed E-state index contributed by atoms with van der Waals surface area (Å²) in [5.74, 6) is 4.27. The molecule has 4 nitrogen and oxygen atoms in total. The molecule has 0 unspecified atom stereocenters. The van der Waals surface area contributed by atoms with Gasteiger partial charge in [-0.05, 0) is 18.2 Å². The Hall–Kier alpha value is -2.22. The number of hydrogen-bond donors (Lipinski definition) is 2. The lowest BCUT2D eigenvalue weighted by Gasteiger charge is -2.09. The van der Waals surface area contributed by atoms with Gasteiger partial charge < -0.3 is 5.43 Å². The number of hydrogen-bond acceptors (Lipinski definition) is 4. The fraction of sp³-hybridized carbons (Fsp3) is 0.0909. The largest absolute Gasteiger partial charge is 0.416 e. The molecular formula is C11H8F4N4. The Kier molecular flexibility index (Phi) is 3.34. The van der Waals surface area contributed by atoms with Gasteiger partial charge in [0, 0.05) is 17.8 Å². The molecule has 0 amide bonds. The average Bonchev–Trinajstić information content (AvgIpc) is 2.37. The van der Waals surface area contributed by atoms with Crippen LogP contribution < -0.4 is 11.3 Å². The number of halogens is 4. The molecule has 0 fully saturated rings. The van der Waals surface area contributed by atoms with Crippen molar-refractivity contribution in [1.29, 1.82) is 0 Å². The van der Waals surface area contributed by atoms with Gasteiger partial charge in [-0.3, -0.25) is 0 Å². The second kappa shape index (κ2) is 4.81. The van der Waals surface area contributed by atoms with E-state index in [0.717, 1.165) is 12.1 Å². The molecule has 8 heteroatoms. The molecule has 100 valence electrons. The van der Waals surface area contributed by atoms with E-state index in [2.05, 4.69) is 15.4 Å². The highest BCUT2D eigenvalue weighted by atomic mass is 19.4. The summed E-state index contributed by atoms with van der Waals surface area (Å²) >= 11 is 0. The quantitative estimate of drug-likeness (QED) is 0.501. The van der Waals surface area contributed by atoms with Gasteiger partial charge in [-0.15, -0.1) is 0 Å². The van der Waals surface area contributed by atoms with Crippen LogP contribution in [0.3, 0.4) is 0 Å². The molecule has 0 saturated carbocycles. The van der Waals surface area contributed by atoms with E-state index in [0.29, 0.717) is 6.07 Å². The van der Waals surface area contributed by atoms with Crippen molar-refractivity contribution in [3.63, 3.8) is 0 Å². The summed E-state index contributed by atoms with van der Waals surface area (Å²) in [7, 11) is 0. The van der Waals surface area contributed by atoms with Crippen LogP contribution in [0.15, 0.2) is 30.5 Å². The molecule has 2 aromatic rings. The third-order valence-corrected chi connectivity index (χ3v) is 2.29. The summed E-state index contributed by atoms with van der Waals surface area (Å²) in [5.41, 5.74) is 1.05. The molecule has 2 rings (SSSR count). The van der Waals surface area contributed by atoms with E-state index in [1.807, 2.05) is 0 Å². The van der Waals surface area contributed by atoms with E-state index in [-0.39, 0.29) is 17.2 Å². The number of benzene rings is 1. The maximum Gasteiger partial charge on any atom is 0.416 e. The molecular weight excluding hydrogens is 264 g/mol. The average molecular weight is 272 g/mol. The van der Waals surface area contributed by atoms with Crippen LogP contribution in [0.2, 0.25) is 0 Å². The van der Waals surface area contributed by atoms with Crippen LogP contribution in [0, 0.1) is 5.82 Å². The van der Waals surface area contributed by atoms with E-state index in [1.54, 1.807) is 0 Å². The van der Waals surface area contributed by atoms with Crippen LogP contribution in [0.5, 0.6) is 0 Å². The van der Waals surface area contributed by atoms with E-state index in [9.17, 15) is 17.6 Å². The van der Waals surface area contributed by atoms with E-state index in [1.165, 1.54) is 12.3 Å². The first kappa shape index (κ1) is 13.2. The number of hydrazine groups is 1. The van der Waals surface area contributed by atoms with Crippen molar-refractivity contribution in [2.45, 2.75) is 6.18 Å². The van der Waals surface area contributed by atoms with Crippen LogP contribution in [0.1, 0.15) is 5.56 Å². The predicted molar refractivity (Wildman–Crippen MR) is 60.2 cm³/mol. The van der Waals surface area contributed by atoms with Crippen LogP contribution in [0.4, 0.5) is 23.4 Å². The maximum atomic E-state index is 13.2. The highest BCUT2D eigenvalue weighted by Gasteiger charge is 2.31. The first-order chi connectivity index (χ1) is 8.90. The van der Waals surface area contributed by atoms with Gasteiger partial charge in [0.15, 0.2) is 5.82 Å². The number of nitrogens with two attached hydrogens (primary N) is 1. The predicted octanol–water partition coefficient (Wildman–Crippen LogP) is 2.59. The molecule has 0 radical (unpaired) electrons. The molecule has 0 aliphatic carbocycles. The summed E-state index contributed by atoms with van der Waals surface area (Å²) in [6.07, 6.45) is -3.34. The molecule has 0 aliphatic rings. The first-order valence-electron chi connectivity index (χ1n) is 5.08. The first-order valence-corrected chi connectivity index (χ1v) is 5.08. The van der Waals surface area contributed by atoms with E-state index >= 15 is 0 Å². The normalized spacial score (nSPS) is 11.4. The zero-order valence-corrected chi connectivity index (χ0v) is 9.37. The molecule has 0 spiro atoms. The summed E-state index contributed by atoms with van der Waals surface area (Å²) in [4.78, 5) is 7.63. The van der Waals surface area contributed by atoms with Crippen molar-refractivity contribution in [2.24, 2.45) is 5.84 Å². The van der Waals surface area contributed by atoms with Gasteiger partial charge in [-0.25, -0.2) is 20.2 Å². The third kappa shape index (κ3) is 2.97. The van der Waals surface area contributed by atoms with Gasteiger partial charge >= 0.3 is 6.18 Å². The standard InChI is InChI=1S/C11H8F4N4/c12-8-4-6(3-7(5-8)11(13,14)15)10-17-2-1-9(18-10)19-16/h1-5H,16H2,(H,17,18,19). The van der Waals surface area contributed by atoms with Gasteiger partial charge in [-0.1, -0.05) is 0 Å². The van der Waals surface area contributed by atoms with Gasteiger partial charge in [-0.2, -0.15) is 13.2 Å². The molecule has 3 N–H and O–H groups in total. The smallest absolute Gasteiger partial charge is 0.308 e. The Morgan fingerprint density at radius 1 is 1.16 bits per heavy atom. The van der Waals surface area contributed by atoms with Gasteiger partial charge in [0.05, 0.1) is 5.56 Å². The summed E-state index contributed by atoms with van der Waals surface area (Å²) in [5, 5.41) is 0. The number of rotatable bonds is 2. The SMILES string of the molecule is NNc1ccnc(-c2cc(F)cc(C(F)(F)F)c2)n1. The number of nitrogens with zero attached hydrogens (tertiary/aromatic N) is 2. The minimum atomic E-state index is -4.64. The summed E-state index contributed by atoms with van der Waals surface area (Å²) < 4.78 is 50.9. The molecule has 0 saturated heterocycles. The Labute approximate surface area is 105 Å². The topological polar surface area (TPSA) is 63.8 Å². The number of aromatic nitrogens is 2. The van der Waals surface area contributed by atoms with Crippen molar-refractivity contribution in [1.82, 2.24) is 9.97 Å². The van der Waals surface area contributed by atoms with Crippen molar-refractivity contribution in [2.75, 3.05) is 5.43 Å². The summed E-state index contributed by atoms with van der Waals surface area (Å²) in [6, 6.07) is 3.53. The molecule has 1 heterocycles. The van der Waals surface area contributed by atoms with Gasteiger partial charge in [0.1, 0.15) is 11.6 Å². The van der Waals surface area contributed by atoms with Crippen LogP contribution in [-0.2, 0) is 6.18 Å². The van der Waals surface area contributed by atoms with Crippen LogP contribution >= 0.6 is 0 Å². The second-order valence-corrected chi connectivity index (χ2v) is 3.64. The summed E-state index contributed by atoms with van der Waals surface area (Å²) in [6.45, 7) is 0. The fourth-order valence-electron chi connectivity index (χ4n) is 1.46. The zero-order valence-electron chi connectivity index (χ0n) is 9.37. The van der Waals surface area contributed by atoms with Gasteiger partial charge in [0.25, 0.3) is 0 Å². The Bertz CT molecular complexity index is 597. The van der Waals surface area contributed by atoms with Crippen molar-refractivity contribution >= 4 is 5.82 Å². The lowest BCUT2D eigenvalue weighted by atomic mass is 10.1. The van der Waals surface area contributed by atoms with Crippen molar-refractivity contribution in [3.05, 3.63) is 41.8 Å². The van der Waals surface area contributed by atoms with E-state index < -0.39 is 17.6 Å². The minimum absolute atomic E-state index is 0.0551. The zero-order chi connectivity index (χ0) is 14.0. The number of nitrogen functional groups attached to an aromatic ring is 1. The van der Waals surface area contributed by atoms with Crippen LogP contribution in [-0.4, -0.2) is 9.97 Å². The van der Waals surface area contributed by atoms with Crippen molar-refractivity contribution in [3.8, 4) is 11.4 Å². The number of anilines is 1. The number of nitrogens with one attached hydrogen (secondary N) is 1. The molecule has 1 aromatic heterocycles. The lowest BCUT2D eigenvalue weighted by Crippen LogP contribution is -2.09. The molecule has 1 aromatic carbocycles. The molecule has 19 heavy (non-hydrogen) atoms. The second-order valence-electron chi connectivity index (χ2n) is 3.64. The molecule has 0 atom stereocenters. The fourth-order valence-corrected chi connectivity index (χ4v) is 1.46. The Morgan fingerprint density at radius 3 is 2.53 bits per heavy atom. The van der Waals surface area contributed by atoms with E-state index in [4.69, 9.17) is 5.84 Å². The van der Waals surface area contributed by atoms with Crippen molar-refractivity contribution < 1.29 is 17.6 Å². The highest BCUT2D eigenvalue weighted by molar-refractivity contribution is 5.58. The molecule has 0 bridgehead atoms.